The molecule has 2 heterocycles. The maximum Gasteiger partial charge on any atom is 0.410 e. The van der Waals surface area contributed by atoms with Crippen LogP contribution in [-0.4, -0.2) is 81.1 Å². The summed E-state index contributed by atoms with van der Waals surface area (Å²) in [6.07, 6.45) is 3.32. The van der Waals surface area contributed by atoms with E-state index in [2.05, 4.69) is 15.3 Å². The Labute approximate surface area is 261 Å². The third-order valence-electron chi connectivity index (χ3n) is 6.80. The molecule has 0 unspecified atom stereocenters. The van der Waals surface area contributed by atoms with Crippen molar-refractivity contribution in [2.24, 2.45) is 0 Å². The first-order valence-electron chi connectivity index (χ1n) is 14.0. The Morgan fingerprint density at radius 3 is 2.41 bits per heavy atom. The number of rotatable bonds is 11. The number of aromatic nitrogens is 4. The largest absolute Gasteiger partial charge is 0.436 e. The van der Waals surface area contributed by atoms with E-state index in [1.54, 1.807) is 24.7 Å². The minimum absolute atomic E-state index is 0.0115. The fourth-order valence-electron chi connectivity index (χ4n) is 4.34. The van der Waals surface area contributed by atoms with Crippen molar-refractivity contribution in [3.8, 4) is 0 Å². The van der Waals surface area contributed by atoms with E-state index in [0.29, 0.717) is 5.52 Å². The van der Waals surface area contributed by atoms with Crippen molar-refractivity contribution in [1.29, 1.82) is 0 Å². The minimum atomic E-state index is -1.31. The molecule has 1 atom stereocenters. The predicted octanol–water partition coefficient (Wildman–Crippen LogP) is 3.54. The summed E-state index contributed by atoms with van der Waals surface area (Å²) in [5.41, 5.74) is -0.0883. The number of imidazole rings is 1. The Morgan fingerprint density at radius 2 is 1.72 bits per heavy atom. The number of hydrogen-bond acceptors (Lipinski definition) is 7. The standard InChI is InChI=1S/C31H32F3N7O5/c1-38(2)28(42)8-6-5-7-26(46-31(45)39(3)4)29(43)37-24-15-35-18-40(30(24)44)17-27-36-23-14-21(33)11-12-25(23)41(27)16-19-9-10-20(32)13-22(19)34/h6,8-15,18,26H,5,7,16-17H2,1-4H3,(H,37,43)/b8-6+/t26-/m0/s1. The van der Waals surface area contributed by atoms with Gasteiger partial charge in [-0.3, -0.25) is 19.0 Å². The van der Waals surface area contributed by atoms with E-state index in [9.17, 15) is 32.3 Å². The number of likely N-dealkylation sites (N-methyl/N-ethyl adjacent to an activating group) is 1. The average molecular weight is 640 g/mol. The number of nitrogens with zero attached hydrogens (tertiary/aromatic N) is 6. The fourth-order valence-corrected chi connectivity index (χ4v) is 4.34. The van der Waals surface area contributed by atoms with Gasteiger partial charge in [-0.25, -0.2) is 27.9 Å². The third kappa shape index (κ3) is 8.16. The van der Waals surface area contributed by atoms with Gasteiger partial charge in [-0.15, -0.1) is 0 Å². The van der Waals surface area contributed by atoms with Crippen molar-refractivity contribution in [2.75, 3.05) is 33.5 Å². The molecule has 0 fully saturated rings. The summed E-state index contributed by atoms with van der Waals surface area (Å²) in [6.45, 7) is -0.311. The van der Waals surface area contributed by atoms with Crippen LogP contribution in [0.25, 0.3) is 11.0 Å². The van der Waals surface area contributed by atoms with E-state index in [1.807, 2.05) is 0 Å². The molecule has 12 nitrogen and oxygen atoms in total. The van der Waals surface area contributed by atoms with Crippen molar-refractivity contribution in [3.63, 3.8) is 0 Å². The molecule has 15 heteroatoms. The second-order valence-electron chi connectivity index (χ2n) is 10.7. The molecular weight excluding hydrogens is 607 g/mol. The lowest BCUT2D eigenvalue weighted by molar-refractivity contribution is -0.125. The summed E-state index contributed by atoms with van der Waals surface area (Å²) >= 11 is 0. The summed E-state index contributed by atoms with van der Waals surface area (Å²) in [4.78, 5) is 61.7. The highest BCUT2D eigenvalue weighted by Crippen LogP contribution is 2.21. The van der Waals surface area contributed by atoms with Crippen molar-refractivity contribution < 1.29 is 32.3 Å². The first-order valence-corrected chi connectivity index (χ1v) is 14.0. The molecule has 0 aliphatic heterocycles. The number of amides is 3. The molecule has 0 spiro atoms. The highest BCUT2D eigenvalue weighted by atomic mass is 19.1. The van der Waals surface area contributed by atoms with Gasteiger partial charge in [-0.2, -0.15) is 0 Å². The number of carbonyl (C=O) groups is 3. The molecular formula is C31H32F3N7O5. The van der Waals surface area contributed by atoms with Gasteiger partial charge in [0.1, 0.15) is 29.0 Å². The van der Waals surface area contributed by atoms with Crippen molar-refractivity contribution in [2.45, 2.75) is 32.0 Å². The number of halogens is 3. The molecule has 4 rings (SSSR count). The average Bonchev–Trinajstić information content (AvgIpc) is 3.32. The molecule has 0 aliphatic rings. The Balaban J connectivity index is 1.60. The molecule has 4 aromatic rings. The Morgan fingerprint density at radius 1 is 1.00 bits per heavy atom. The number of ether oxygens (including phenoxy) is 1. The third-order valence-corrected chi connectivity index (χ3v) is 6.80. The Bertz CT molecular complexity index is 1850. The summed E-state index contributed by atoms with van der Waals surface area (Å²) < 4.78 is 50.1. The quantitative estimate of drug-likeness (QED) is 0.249. The van der Waals surface area contributed by atoms with Crippen LogP contribution in [0.2, 0.25) is 0 Å². The molecule has 2 aromatic carbocycles. The van der Waals surface area contributed by atoms with Gasteiger partial charge < -0.3 is 24.4 Å². The maximum absolute atomic E-state index is 14.6. The first-order chi connectivity index (χ1) is 21.8. The molecule has 242 valence electrons. The van der Waals surface area contributed by atoms with Gasteiger partial charge in [0.2, 0.25) is 5.91 Å². The van der Waals surface area contributed by atoms with Gasteiger partial charge in [-0.1, -0.05) is 12.1 Å². The van der Waals surface area contributed by atoms with Crippen LogP contribution in [0.5, 0.6) is 0 Å². The lowest BCUT2D eigenvalue weighted by Gasteiger charge is -2.19. The fraction of sp³-hybridized carbons (Fsp3) is 0.290. The number of nitrogens with one attached hydrogen (secondary N) is 1. The lowest BCUT2D eigenvalue weighted by atomic mass is 10.1. The molecule has 0 saturated carbocycles. The zero-order chi connectivity index (χ0) is 33.5. The summed E-state index contributed by atoms with van der Waals surface area (Å²) in [6, 6.07) is 7.00. The van der Waals surface area contributed by atoms with Crippen LogP contribution in [0.1, 0.15) is 24.2 Å². The highest BCUT2D eigenvalue weighted by molar-refractivity contribution is 5.95. The number of benzene rings is 2. The molecule has 0 saturated heterocycles. The van der Waals surface area contributed by atoms with Gasteiger partial charge in [0.25, 0.3) is 11.5 Å². The number of allylic oxidation sites excluding steroid dienone is 1. The lowest BCUT2D eigenvalue weighted by Crippen LogP contribution is -2.37. The molecule has 0 aliphatic carbocycles. The van der Waals surface area contributed by atoms with E-state index < -0.39 is 41.1 Å². The maximum atomic E-state index is 14.6. The molecule has 1 N–H and O–H groups in total. The van der Waals surface area contributed by atoms with Crippen molar-refractivity contribution >= 4 is 34.6 Å². The smallest absolute Gasteiger partial charge is 0.410 e. The zero-order valence-corrected chi connectivity index (χ0v) is 25.5. The predicted molar refractivity (Wildman–Crippen MR) is 162 cm³/mol. The van der Waals surface area contributed by atoms with Crippen LogP contribution in [0.3, 0.4) is 0 Å². The topological polar surface area (TPSA) is 132 Å². The van der Waals surface area contributed by atoms with Crippen LogP contribution in [0.15, 0.2) is 65.9 Å². The highest BCUT2D eigenvalue weighted by Gasteiger charge is 2.25. The number of anilines is 1. The van der Waals surface area contributed by atoms with Gasteiger partial charge in [0.15, 0.2) is 6.10 Å². The van der Waals surface area contributed by atoms with Gasteiger partial charge in [0.05, 0.1) is 36.6 Å². The van der Waals surface area contributed by atoms with Crippen LogP contribution < -0.4 is 10.9 Å². The monoisotopic (exact) mass is 639 g/mol. The van der Waals surface area contributed by atoms with Gasteiger partial charge in [0, 0.05) is 45.9 Å². The number of hydrogen-bond donors (Lipinski definition) is 1. The number of fused-ring (bicyclic) bond motifs is 1. The summed E-state index contributed by atoms with van der Waals surface area (Å²) in [7, 11) is 6.06. The minimum Gasteiger partial charge on any atom is -0.436 e. The summed E-state index contributed by atoms with van der Waals surface area (Å²) in [5.74, 6) is -2.91. The second kappa shape index (κ2) is 14.5. The van der Waals surface area contributed by atoms with Crippen molar-refractivity contribution in [1.82, 2.24) is 28.9 Å². The Kier molecular flexibility index (Phi) is 10.6. The number of carbonyl (C=O) groups excluding carboxylic acids is 3. The Hall–Kier alpha value is -5.47. The first kappa shape index (κ1) is 33.4. The van der Waals surface area contributed by atoms with Crippen LogP contribution >= 0.6 is 0 Å². The van der Waals surface area contributed by atoms with Gasteiger partial charge in [-0.05, 0) is 37.1 Å². The SMILES string of the molecule is CN(C)C(=O)/C=C/CC[C@H](OC(=O)N(C)C)C(=O)Nc1cncn(Cc2nc3cc(F)ccc3n2Cc2ccc(F)cc2F)c1=O. The van der Waals surface area contributed by atoms with E-state index in [0.717, 1.165) is 27.8 Å². The van der Waals surface area contributed by atoms with E-state index in [-0.39, 0.29) is 54.4 Å². The van der Waals surface area contributed by atoms with Crippen LogP contribution in [0, 0.1) is 17.5 Å². The molecule has 0 radical (unpaired) electrons. The van der Waals surface area contributed by atoms with Gasteiger partial charge >= 0.3 is 6.09 Å². The van der Waals surface area contributed by atoms with Crippen LogP contribution in [-0.2, 0) is 27.4 Å². The van der Waals surface area contributed by atoms with E-state index in [1.165, 1.54) is 55.7 Å². The molecule has 3 amide bonds. The van der Waals surface area contributed by atoms with Crippen molar-refractivity contribution in [3.05, 3.63) is 100 Å². The van der Waals surface area contributed by atoms with Crippen LogP contribution in [0.4, 0.5) is 23.7 Å². The molecule has 0 bridgehead atoms. The molecule has 2 aromatic heterocycles. The molecule has 46 heavy (non-hydrogen) atoms. The zero-order valence-electron chi connectivity index (χ0n) is 25.5. The van der Waals surface area contributed by atoms with E-state index >= 15 is 0 Å². The second-order valence-corrected chi connectivity index (χ2v) is 10.7. The normalized spacial score (nSPS) is 11.9. The van der Waals surface area contributed by atoms with E-state index in [4.69, 9.17) is 4.74 Å². The summed E-state index contributed by atoms with van der Waals surface area (Å²) in [5, 5.41) is 2.46.